The maximum Gasteiger partial charge on any atom is 0.257 e. The molecule has 7 heavy (non-hydrogen) atoms. The van der Waals surface area contributed by atoms with E-state index in [-0.39, 0.29) is 0 Å². The lowest BCUT2D eigenvalue weighted by Crippen LogP contribution is -1.73. The second kappa shape index (κ2) is 5.38. The first-order valence-corrected chi connectivity index (χ1v) is 2.57. The van der Waals surface area contributed by atoms with Gasteiger partial charge in [0.05, 0.1) is 0 Å². The Hall–Kier alpha value is -0.620. The summed E-state index contributed by atoms with van der Waals surface area (Å²) >= 11 is 0. The zero-order valence-corrected chi connectivity index (χ0v) is 4.59. The van der Waals surface area contributed by atoms with Crippen LogP contribution in [0.5, 0.6) is 0 Å². The summed E-state index contributed by atoms with van der Waals surface area (Å²) in [5.41, 5.74) is 7.86. The standard InChI is InChI=1S/C5H10N2/c1-2-3-4-5-7-6/h5H,2-4H2,1H3. The smallest absolute Gasteiger partial charge is 0.257 e. The van der Waals surface area contributed by atoms with Crippen LogP contribution in [-0.4, -0.2) is 11.0 Å². The molecule has 0 aliphatic rings. The molecule has 0 aromatic rings. The van der Waals surface area contributed by atoms with Crippen molar-refractivity contribution < 1.29 is 4.79 Å². The third kappa shape index (κ3) is 5.38. The molecule has 0 saturated carbocycles. The highest BCUT2D eigenvalue weighted by molar-refractivity contribution is 5.49. The van der Waals surface area contributed by atoms with E-state index in [1.807, 2.05) is 0 Å². The van der Waals surface area contributed by atoms with Crippen LogP contribution >= 0.6 is 0 Å². The number of hydrogen-bond acceptors (Lipinski definition) is 0. The fourth-order valence-corrected chi connectivity index (χ4v) is 0.353. The van der Waals surface area contributed by atoms with E-state index in [9.17, 15) is 0 Å². The van der Waals surface area contributed by atoms with E-state index < -0.39 is 0 Å². The molecule has 0 amide bonds. The molecular formula is C5H10N2. The molecule has 0 bridgehead atoms. The maximum atomic E-state index is 7.86. The second-order valence-electron chi connectivity index (χ2n) is 1.44. The minimum atomic E-state index is 0.896. The Morgan fingerprint density at radius 3 is 2.86 bits per heavy atom. The van der Waals surface area contributed by atoms with Crippen LogP contribution in [0.4, 0.5) is 0 Å². The van der Waals surface area contributed by atoms with E-state index in [4.69, 9.17) is 5.53 Å². The molecule has 0 heterocycles. The van der Waals surface area contributed by atoms with Gasteiger partial charge in [-0.15, -0.1) is 0 Å². The van der Waals surface area contributed by atoms with Gasteiger partial charge >= 0.3 is 0 Å². The fourth-order valence-electron chi connectivity index (χ4n) is 0.353. The lowest BCUT2D eigenvalue weighted by Gasteiger charge is -1.77. The Morgan fingerprint density at radius 1 is 1.71 bits per heavy atom. The molecule has 0 aromatic heterocycles. The van der Waals surface area contributed by atoms with Crippen molar-refractivity contribution in [3.63, 3.8) is 0 Å². The van der Waals surface area contributed by atoms with E-state index in [0.717, 1.165) is 19.3 Å². The summed E-state index contributed by atoms with van der Waals surface area (Å²) in [5.74, 6) is 0. The van der Waals surface area contributed by atoms with E-state index in [1.165, 1.54) is 6.21 Å². The van der Waals surface area contributed by atoms with Crippen molar-refractivity contribution in [2.24, 2.45) is 0 Å². The Bertz CT molecular complexity index is 72.1. The highest BCUT2D eigenvalue weighted by Crippen LogP contribution is 1.87. The summed E-state index contributed by atoms with van der Waals surface area (Å²) in [4.78, 5) is 2.85. The molecule has 0 atom stereocenters. The predicted octanol–water partition coefficient (Wildman–Crippen LogP) is 1.48. The summed E-state index contributed by atoms with van der Waals surface area (Å²) in [6.45, 7) is 2.10. The molecule has 0 aliphatic heterocycles. The third-order valence-electron chi connectivity index (χ3n) is 0.768. The molecule has 0 aliphatic carbocycles. The van der Waals surface area contributed by atoms with Gasteiger partial charge in [-0.05, 0) is 6.42 Å². The van der Waals surface area contributed by atoms with Gasteiger partial charge in [0.25, 0.3) is 6.21 Å². The molecule has 0 spiro atoms. The van der Waals surface area contributed by atoms with Crippen molar-refractivity contribution in [1.29, 1.82) is 0 Å². The number of rotatable bonds is 3. The van der Waals surface area contributed by atoms with Crippen molar-refractivity contribution >= 4 is 6.21 Å². The first-order valence-electron chi connectivity index (χ1n) is 2.57. The summed E-state index contributed by atoms with van der Waals surface area (Å²) in [5, 5.41) is 0. The van der Waals surface area contributed by atoms with E-state index in [1.54, 1.807) is 0 Å². The van der Waals surface area contributed by atoms with Crippen molar-refractivity contribution in [3.05, 3.63) is 5.53 Å². The zero-order chi connectivity index (χ0) is 5.54. The molecule has 0 N–H and O–H groups in total. The van der Waals surface area contributed by atoms with Crippen LogP contribution in [0.15, 0.2) is 0 Å². The minimum Gasteiger partial charge on any atom is -0.362 e. The van der Waals surface area contributed by atoms with E-state index in [0.29, 0.717) is 0 Å². The van der Waals surface area contributed by atoms with Gasteiger partial charge in [0.15, 0.2) is 0 Å². The Balaban J connectivity index is 2.83. The van der Waals surface area contributed by atoms with Crippen LogP contribution in [-0.2, 0) is 0 Å². The number of unbranched alkanes of at least 4 members (excludes halogenated alkanes) is 2. The lowest BCUT2D eigenvalue weighted by atomic mass is 10.3. The minimum absolute atomic E-state index is 0.896. The van der Waals surface area contributed by atoms with Gasteiger partial charge in [0.2, 0.25) is 0 Å². The topological polar surface area (TPSA) is 36.4 Å². The second-order valence-corrected chi connectivity index (χ2v) is 1.44. The monoisotopic (exact) mass is 98.1 g/mol. The van der Waals surface area contributed by atoms with E-state index >= 15 is 0 Å². The molecule has 0 unspecified atom stereocenters. The number of hydrogen-bond donors (Lipinski definition) is 0. The predicted molar refractivity (Wildman–Crippen MR) is 29.2 cm³/mol. The van der Waals surface area contributed by atoms with Gasteiger partial charge in [-0.25, -0.2) is 0 Å². The highest BCUT2D eigenvalue weighted by atomic mass is 14.8. The summed E-state index contributed by atoms with van der Waals surface area (Å²) in [6.07, 6.45) is 4.69. The summed E-state index contributed by atoms with van der Waals surface area (Å²) in [7, 11) is 0. The molecular weight excluding hydrogens is 88.1 g/mol. The quantitative estimate of drug-likeness (QED) is 0.222. The van der Waals surface area contributed by atoms with Crippen molar-refractivity contribution in [1.82, 2.24) is 0 Å². The van der Waals surface area contributed by atoms with Gasteiger partial charge in [0, 0.05) is 6.42 Å². The van der Waals surface area contributed by atoms with Gasteiger partial charge in [-0.1, -0.05) is 13.3 Å². The van der Waals surface area contributed by atoms with Crippen LogP contribution < -0.4 is 0 Å². The zero-order valence-electron chi connectivity index (χ0n) is 4.59. The highest BCUT2D eigenvalue weighted by Gasteiger charge is 1.79. The van der Waals surface area contributed by atoms with Crippen molar-refractivity contribution in [2.45, 2.75) is 26.2 Å². The summed E-state index contributed by atoms with van der Waals surface area (Å²) in [6, 6.07) is 0. The number of nitrogens with zero attached hydrogens (tertiary/aromatic N) is 2. The van der Waals surface area contributed by atoms with Crippen molar-refractivity contribution in [2.75, 3.05) is 0 Å². The average molecular weight is 98.1 g/mol. The summed E-state index contributed by atoms with van der Waals surface area (Å²) < 4.78 is 0. The van der Waals surface area contributed by atoms with E-state index in [2.05, 4.69) is 11.7 Å². The molecule has 40 valence electrons. The van der Waals surface area contributed by atoms with Gasteiger partial charge in [-0.2, -0.15) is 4.79 Å². The molecule has 2 heteroatoms. The third-order valence-corrected chi connectivity index (χ3v) is 0.768. The normalized spacial score (nSPS) is 7.57. The molecule has 0 saturated heterocycles. The molecule has 0 fully saturated rings. The molecule has 0 rings (SSSR count). The van der Waals surface area contributed by atoms with Gasteiger partial charge < -0.3 is 5.53 Å². The lowest BCUT2D eigenvalue weighted by molar-refractivity contribution is 0.000765. The van der Waals surface area contributed by atoms with Crippen molar-refractivity contribution in [3.8, 4) is 0 Å². The molecule has 0 aromatic carbocycles. The van der Waals surface area contributed by atoms with Crippen LogP contribution in [0.1, 0.15) is 26.2 Å². The fraction of sp³-hybridized carbons (Fsp3) is 0.800. The maximum absolute atomic E-state index is 7.86. The molecule has 0 radical (unpaired) electrons. The Morgan fingerprint density at radius 2 is 2.43 bits per heavy atom. The Labute approximate surface area is 43.8 Å². The Kier molecular flexibility index (Phi) is 4.90. The molecule has 2 nitrogen and oxygen atoms in total. The van der Waals surface area contributed by atoms with Gasteiger partial charge in [-0.3, -0.25) is 0 Å². The van der Waals surface area contributed by atoms with Crippen LogP contribution in [0.25, 0.3) is 5.53 Å². The van der Waals surface area contributed by atoms with Crippen LogP contribution in [0.2, 0.25) is 0 Å². The average Bonchev–Trinajstić information content (AvgIpc) is 1.69. The van der Waals surface area contributed by atoms with Crippen LogP contribution in [0.3, 0.4) is 0 Å². The first-order chi connectivity index (χ1) is 3.41. The van der Waals surface area contributed by atoms with Crippen LogP contribution in [0, 0.1) is 0 Å². The van der Waals surface area contributed by atoms with Gasteiger partial charge in [0.1, 0.15) is 0 Å². The largest absolute Gasteiger partial charge is 0.362 e. The SMILES string of the molecule is CCCCC=[N+]=[N-]. The first kappa shape index (κ1) is 6.38.